The van der Waals surface area contributed by atoms with Crippen molar-refractivity contribution in [2.75, 3.05) is 38.7 Å². The van der Waals surface area contributed by atoms with Gasteiger partial charge in [0.25, 0.3) is 5.91 Å². The van der Waals surface area contributed by atoms with E-state index in [0.29, 0.717) is 19.6 Å². The Labute approximate surface area is 269 Å². The Bertz CT molecular complexity index is 1290. The molecule has 9 nitrogen and oxygen atoms in total. The van der Waals surface area contributed by atoms with Crippen LogP contribution in [-0.4, -0.2) is 90.4 Å². The minimum atomic E-state index is -4.47. The lowest BCUT2D eigenvalue weighted by Crippen LogP contribution is -2.48. The number of likely N-dealkylation sites (N-methyl/N-ethyl adjacent to an activating group) is 1. The first-order valence-corrected chi connectivity index (χ1v) is 15.8. The SMILES string of the molecule is C[C@@H]1CCCCO[C@H](CN(C)C(=O)Cc2ccccc2)[C@@H](C)CN([C@H](C)CO)C(=O)c2cc(NC(=O)CCC(F)(F)F)ccc2O1. The van der Waals surface area contributed by atoms with E-state index in [9.17, 15) is 32.7 Å². The zero-order valence-corrected chi connectivity index (χ0v) is 27.0. The van der Waals surface area contributed by atoms with Crippen molar-refractivity contribution in [3.05, 3.63) is 59.7 Å². The van der Waals surface area contributed by atoms with Crippen molar-refractivity contribution in [1.82, 2.24) is 9.80 Å². The molecule has 0 aliphatic carbocycles. The first-order chi connectivity index (χ1) is 21.8. The number of ether oxygens (including phenoxy) is 2. The van der Waals surface area contributed by atoms with Gasteiger partial charge in [-0.2, -0.15) is 13.2 Å². The van der Waals surface area contributed by atoms with Crippen LogP contribution in [0, 0.1) is 5.92 Å². The second kappa shape index (κ2) is 17.3. The van der Waals surface area contributed by atoms with Gasteiger partial charge in [-0.15, -0.1) is 0 Å². The molecule has 2 aromatic rings. The lowest BCUT2D eigenvalue weighted by molar-refractivity contribution is -0.142. The van der Waals surface area contributed by atoms with Crippen LogP contribution in [0.4, 0.5) is 18.9 Å². The van der Waals surface area contributed by atoms with E-state index in [-0.39, 0.29) is 54.5 Å². The zero-order chi connectivity index (χ0) is 33.9. The van der Waals surface area contributed by atoms with E-state index in [2.05, 4.69) is 5.32 Å². The molecule has 46 heavy (non-hydrogen) atoms. The van der Waals surface area contributed by atoms with Crippen LogP contribution < -0.4 is 10.1 Å². The Morgan fingerprint density at radius 2 is 1.85 bits per heavy atom. The predicted octanol–water partition coefficient (Wildman–Crippen LogP) is 5.46. The lowest BCUT2D eigenvalue weighted by atomic mass is 10.0. The number of fused-ring (bicyclic) bond motifs is 1. The van der Waals surface area contributed by atoms with Crippen molar-refractivity contribution in [1.29, 1.82) is 0 Å². The number of amides is 3. The van der Waals surface area contributed by atoms with Gasteiger partial charge in [0.15, 0.2) is 0 Å². The van der Waals surface area contributed by atoms with E-state index in [4.69, 9.17) is 9.47 Å². The molecule has 0 spiro atoms. The molecule has 1 heterocycles. The van der Waals surface area contributed by atoms with E-state index in [0.717, 1.165) is 18.4 Å². The first-order valence-electron chi connectivity index (χ1n) is 15.8. The third-order valence-corrected chi connectivity index (χ3v) is 8.05. The van der Waals surface area contributed by atoms with Crippen molar-refractivity contribution in [2.24, 2.45) is 5.92 Å². The summed E-state index contributed by atoms with van der Waals surface area (Å²) in [7, 11) is 1.73. The van der Waals surface area contributed by atoms with Crippen LogP contribution in [0.2, 0.25) is 0 Å². The molecule has 1 aliphatic rings. The number of halogens is 3. The standard InChI is InChI=1S/C34H46F3N3O6/c1-23-20-40(24(2)22-41)33(44)28-19-27(38-31(42)15-16-34(35,36)37)13-14-29(28)46-25(3)10-8-9-17-45-30(23)21-39(4)32(43)18-26-11-6-5-7-12-26/h5-7,11-14,19,23-25,30,41H,8-10,15-18,20-22H2,1-4H3,(H,38,42)/t23-,24+,25+,30+/m0/s1. The Balaban J connectivity index is 1.88. The van der Waals surface area contributed by atoms with E-state index in [1.165, 1.54) is 23.1 Å². The summed E-state index contributed by atoms with van der Waals surface area (Å²) in [6.07, 6.45) is -4.73. The maximum Gasteiger partial charge on any atom is 0.389 e. The molecule has 0 saturated heterocycles. The molecule has 254 valence electrons. The number of aliphatic hydroxyl groups is 1. The van der Waals surface area contributed by atoms with Gasteiger partial charge in [-0.1, -0.05) is 37.3 Å². The molecule has 0 fully saturated rings. The summed E-state index contributed by atoms with van der Waals surface area (Å²) in [6, 6.07) is 13.2. The number of hydrogen-bond donors (Lipinski definition) is 2. The van der Waals surface area contributed by atoms with Gasteiger partial charge in [0.05, 0.1) is 43.3 Å². The van der Waals surface area contributed by atoms with Crippen LogP contribution in [0.15, 0.2) is 48.5 Å². The van der Waals surface area contributed by atoms with Crippen LogP contribution >= 0.6 is 0 Å². The fraction of sp³-hybridized carbons (Fsp3) is 0.559. The number of nitrogens with zero attached hydrogens (tertiary/aromatic N) is 2. The van der Waals surface area contributed by atoms with Crippen LogP contribution in [0.5, 0.6) is 5.75 Å². The van der Waals surface area contributed by atoms with Crippen LogP contribution in [0.3, 0.4) is 0 Å². The van der Waals surface area contributed by atoms with Gasteiger partial charge in [-0.3, -0.25) is 14.4 Å². The molecule has 0 aromatic heterocycles. The number of aliphatic hydroxyl groups excluding tert-OH is 1. The molecule has 2 N–H and O–H groups in total. The van der Waals surface area contributed by atoms with E-state index < -0.39 is 43.0 Å². The third kappa shape index (κ3) is 11.6. The highest BCUT2D eigenvalue weighted by Crippen LogP contribution is 2.29. The maximum atomic E-state index is 14.2. The number of alkyl halides is 3. The molecular weight excluding hydrogens is 603 g/mol. The van der Waals surface area contributed by atoms with Crippen molar-refractivity contribution >= 4 is 23.4 Å². The van der Waals surface area contributed by atoms with E-state index in [1.807, 2.05) is 44.2 Å². The molecule has 2 aromatic carbocycles. The molecule has 0 radical (unpaired) electrons. The molecule has 0 saturated carbocycles. The molecule has 12 heteroatoms. The fourth-order valence-corrected chi connectivity index (χ4v) is 5.22. The highest BCUT2D eigenvalue weighted by Gasteiger charge is 2.31. The average molecular weight is 650 g/mol. The summed E-state index contributed by atoms with van der Waals surface area (Å²) in [5.74, 6) is -1.37. The minimum absolute atomic E-state index is 0.0669. The molecule has 3 amide bonds. The molecular formula is C34H46F3N3O6. The molecule has 0 unspecified atom stereocenters. The highest BCUT2D eigenvalue weighted by atomic mass is 19.4. The number of anilines is 1. The Kier molecular flexibility index (Phi) is 13.9. The van der Waals surface area contributed by atoms with Gasteiger partial charge in [0, 0.05) is 44.8 Å². The largest absolute Gasteiger partial charge is 0.490 e. The van der Waals surface area contributed by atoms with E-state index >= 15 is 0 Å². The van der Waals surface area contributed by atoms with E-state index in [1.54, 1.807) is 18.9 Å². The summed E-state index contributed by atoms with van der Waals surface area (Å²) in [5.41, 5.74) is 1.16. The van der Waals surface area contributed by atoms with Crippen molar-refractivity contribution in [2.45, 2.75) is 83.7 Å². The summed E-state index contributed by atoms with van der Waals surface area (Å²) < 4.78 is 50.4. The summed E-state index contributed by atoms with van der Waals surface area (Å²) in [5, 5.41) is 12.6. The third-order valence-electron chi connectivity index (χ3n) is 8.05. The number of rotatable bonds is 9. The number of carbonyl (C=O) groups is 3. The number of benzene rings is 2. The van der Waals surface area contributed by atoms with Crippen molar-refractivity contribution < 1.29 is 42.1 Å². The number of carbonyl (C=O) groups excluding carboxylic acids is 3. The summed E-state index contributed by atoms with van der Waals surface area (Å²) >= 11 is 0. The molecule has 0 bridgehead atoms. The van der Waals surface area contributed by atoms with Gasteiger partial charge in [-0.25, -0.2) is 0 Å². The predicted molar refractivity (Wildman–Crippen MR) is 169 cm³/mol. The second-order valence-electron chi connectivity index (χ2n) is 12.1. The number of nitrogens with one attached hydrogen (secondary N) is 1. The normalized spacial score (nSPS) is 20.6. The Morgan fingerprint density at radius 1 is 1.13 bits per heavy atom. The van der Waals surface area contributed by atoms with Crippen LogP contribution in [0.1, 0.15) is 68.8 Å². The van der Waals surface area contributed by atoms with Gasteiger partial charge in [0.2, 0.25) is 11.8 Å². The Hall–Kier alpha value is -3.64. The summed E-state index contributed by atoms with van der Waals surface area (Å²) in [4.78, 5) is 42.6. The molecule has 3 rings (SSSR count). The van der Waals surface area contributed by atoms with Crippen LogP contribution in [0.25, 0.3) is 0 Å². The first kappa shape index (κ1) is 36.8. The zero-order valence-electron chi connectivity index (χ0n) is 27.0. The van der Waals surface area contributed by atoms with Gasteiger partial charge >= 0.3 is 6.18 Å². The highest BCUT2D eigenvalue weighted by molar-refractivity contribution is 5.99. The molecule has 4 atom stereocenters. The van der Waals surface area contributed by atoms with Crippen molar-refractivity contribution in [3.63, 3.8) is 0 Å². The van der Waals surface area contributed by atoms with Crippen LogP contribution in [-0.2, 0) is 20.7 Å². The van der Waals surface area contributed by atoms with Gasteiger partial charge < -0.3 is 29.7 Å². The monoisotopic (exact) mass is 649 g/mol. The average Bonchev–Trinajstić information content (AvgIpc) is 3.01. The summed E-state index contributed by atoms with van der Waals surface area (Å²) in [6.45, 7) is 6.09. The topological polar surface area (TPSA) is 108 Å². The molecule has 1 aliphatic heterocycles. The lowest BCUT2D eigenvalue weighted by Gasteiger charge is -2.36. The Morgan fingerprint density at radius 3 is 2.52 bits per heavy atom. The van der Waals surface area contributed by atoms with Crippen molar-refractivity contribution in [3.8, 4) is 5.75 Å². The maximum absolute atomic E-state index is 14.2. The van der Waals surface area contributed by atoms with Gasteiger partial charge in [-0.05, 0) is 56.9 Å². The number of hydrogen-bond acceptors (Lipinski definition) is 6. The minimum Gasteiger partial charge on any atom is -0.490 e. The smallest absolute Gasteiger partial charge is 0.389 e. The fourth-order valence-electron chi connectivity index (χ4n) is 5.22. The van der Waals surface area contributed by atoms with Gasteiger partial charge in [0.1, 0.15) is 5.75 Å². The second-order valence-corrected chi connectivity index (χ2v) is 12.1. The quantitative estimate of drug-likeness (QED) is 0.374.